The van der Waals surface area contributed by atoms with E-state index in [1.807, 2.05) is 36.4 Å². The highest BCUT2D eigenvalue weighted by Gasteiger charge is 2.58. The molecule has 178 valence electrons. The van der Waals surface area contributed by atoms with Crippen molar-refractivity contribution in [1.29, 1.82) is 0 Å². The summed E-state index contributed by atoms with van der Waals surface area (Å²) in [5.74, 6) is 2.54. The van der Waals surface area contributed by atoms with Crippen LogP contribution in [0.4, 0.5) is 0 Å². The van der Waals surface area contributed by atoms with Crippen molar-refractivity contribution < 1.29 is 19.0 Å². The van der Waals surface area contributed by atoms with E-state index in [4.69, 9.17) is 25.8 Å². The molecule has 2 aromatic rings. The third-order valence-corrected chi connectivity index (χ3v) is 7.54. The molecule has 0 radical (unpaired) electrons. The van der Waals surface area contributed by atoms with Crippen LogP contribution >= 0.6 is 11.6 Å². The van der Waals surface area contributed by atoms with Gasteiger partial charge in [-0.15, -0.1) is 0 Å². The fourth-order valence-corrected chi connectivity index (χ4v) is 5.25. The topological polar surface area (TPSA) is 60.0 Å². The lowest BCUT2D eigenvalue weighted by Crippen LogP contribution is -2.37. The van der Waals surface area contributed by atoms with E-state index in [9.17, 15) is 4.79 Å². The molecular weight excluding hydrogens is 440 g/mol. The van der Waals surface area contributed by atoms with Crippen molar-refractivity contribution in [3.05, 3.63) is 52.5 Å². The van der Waals surface area contributed by atoms with Crippen molar-refractivity contribution in [1.82, 2.24) is 10.2 Å². The average molecular weight is 473 g/mol. The zero-order valence-corrected chi connectivity index (χ0v) is 20.4. The number of amides is 1. The van der Waals surface area contributed by atoms with Crippen LogP contribution in [-0.2, 0) is 17.8 Å². The van der Waals surface area contributed by atoms with Gasteiger partial charge in [0.2, 0.25) is 5.91 Å². The third kappa shape index (κ3) is 5.22. The van der Waals surface area contributed by atoms with Gasteiger partial charge < -0.3 is 19.5 Å². The van der Waals surface area contributed by atoms with Gasteiger partial charge in [0.25, 0.3) is 0 Å². The minimum Gasteiger partial charge on any atom is -0.496 e. The summed E-state index contributed by atoms with van der Waals surface area (Å²) in [7, 11) is 4.92. The second-order valence-electron chi connectivity index (χ2n) is 9.05. The lowest BCUT2D eigenvalue weighted by molar-refractivity contribution is -0.123. The molecule has 1 aliphatic carbocycles. The minimum atomic E-state index is 0.141. The molecular formula is C26H33ClN2O4. The highest BCUT2D eigenvalue weighted by atomic mass is 35.5. The van der Waals surface area contributed by atoms with E-state index in [0.29, 0.717) is 23.1 Å². The molecule has 1 amide bonds. The zero-order valence-electron chi connectivity index (χ0n) is 19.7. The van der Waals surface area contributed by atoms with E-state index in [-0.39, 0.29) is 17.2 Å². The molecule has 0 aromatic heterocycles. The van der Waals surface area contributed by atoms with Crippen LogP contribution in [0.2, 0.25) is 5.02 Å². The van der Waals surface area contributed by atoms with Gasteiger partial charge in [0.05, 0.1) is 21.3 Å². The lowest BCUT2D eigenvalue weighted by atomic mass is 9.90. The van der Waals surface area contributed by atoms with Crippen LogP contribution in [0.25, 0.3) is 0 Å². The molecule has 7 heteroatoms. The molecule has 6 nitrogen and oxygen atoms in total. The highest BCUT2D eigenvalue weighted by Crippen LogP contribution is 2.59. The third-order valence-electron chi connectivity index (χ3n) is 7.19. The normalized spacial score (nSPS) is 19.2. The van der Waals surface area contributed by atoms with Crippen LogP contribution in [0.3, 0.4) is 0 Å². The Bertz CT molecular complexity index is 988. The second kappa shape index (κ2) is 10.2. The van der Waals surface area contributed by atoms with Gasteiger partial charge in [-0.05, 0) is 67.4 Å². The van der Waals surface area contributed by atoms with Gasteiger partial charge in [-0.25, -0.2) is 0 Å². The van der Waals surface area contributed by atoms with E-state index >= 15 is 0 Å². The van der Waals surface area contributed by atoms with Crippen molar-refractivity contribution in [2.45, 2.75) is 32.2 Å². The van der Waals surface area contributed by atoms with Crippen LogP contribution in [0, 0.1) is 11.3 Å². The fourth-order valence-electron chi connectivity index (χ4n) is 5.04. The summed E-state index contributed by atoms with van der Waals surface area (Å²) in [4.78, 5) is 15.2. The van der Waals surface area contributed by atoms with Gasteiger partial charge >= 0.3 is 0 Å². The first-order valence-corrected chi connectivity index (χ1v) is 11.9. The summed E-state index contributed by atoms with van der Waals surface area (Å²) in [5.41, 5.74) is 2.33. The Morgan fingerprint density at radius 2 is 1.70 bits per heavy atom. The molecule has 2 aromatic carbocycles. The number of ether oxygens (including phenoxy) is 3. The quantitative estimate of drug-likeness (QED) is 0.588. The summed E-state index contributed by atoms with van der Waals surface area (Å²) in [5, 5.41) is 3.83. The molecule has 1 saturated carbocycles. The van der Waals surface area contributed by atoms with Crippen molar-refractivity contribution >= 4 is 17.5 Å². The van der Waals surface area contributed by atoms with Crippen molar-refractivity contribution in [2.75, 3.05) is 41.0 Å². The Balaban J connectivity index is 1.25. The first-order chi connectivity index (χ1) is 16.0. The number of nitrogens with one attached hydrogen (secondary N) is 1. The van der Waals surface area contributed by atoms with Crippen molar-refractivity contribution in [3.8, 4) is 17.2 Å². The van der Waals surface area contributed by atoms with Crippen LogP contribution in [-0.4, -0.2) is 51.8 Å². The predicted octanol–water partition coefficient (Wildman–Crippen LogP) is 4.33. The van der Waals surface area contributed by atoms with E-state index in [0.717, 1.165) is 62.2 Å². The molecule has 1 heterocycles. The van der Waals surface area contributed by atoms with Crippen LogP contribution in [0.5, 0.6) is 17.2 Å². The standard InChI is InChI=1S/C26H33ClN2O4/c1-31-22-7-5-4-6-18(22)8-11-28-25(30)20-16-26(20)9-12-29(13-10-26)17-19-14-23(32-2)24(33-3)15-21(19)27/h4-7,14-15,20H,8-13,16-17H2,1-3H3,(H,28,30)/t20-/m0/s1. The molecule has 1 aliphatic heterocycles. The lowest BCUT2D eigenvalue weighted by Gasteiger charge is -2.33. The van der Waals surface area contributed by atoms with E-state index in [2.05, 4.69) is 10.2 Å². The Morgan fingerprint density at radius 3 is 2.39 bits per heavy atom. The number of likely N-dealkylation sites (tertiary alicyclic amines) is 1. The molecule has 0 unspecified atom stereocenters. The van der Waals surface area contributed by atoms with E-state index < -0.39 is 0 Å². The summed E-state index contributed by atoms with van der Waals surface area (Å²) >= 11 is 6.48. The SMILES string of the molecule is COc1ccccc1CCNC(=O)[C@@H]1CC12CCN(Cc1cc(OC)c(OC)cc1Cl)CC2. The van der Waals surface area contributed by atoms with Gasteiger partial charge in [-0.3, -0.25) is 9.69 Å². The smallest absolute Gasteiger partial charge is 0.223 e. The number of para-hydroxylation sites is 1. The van der Waals surface area contributed by atoms with Crippen LogP contribution in [0.15, 0.2) is 36.4 Å². The van der Waals surface area contributed by atoms with Gasteiger partial charge in [-0.1, -0.05) is 29.8 Å². The molecule has 1 spiro atoms. The molecule has 0 bridgehead atoms. The predicted molar refractivity (Wildman–Crippen MR) is 129 cm³/mol. The Hall–Kier alpha value is -2.44. The monoisotopic (exact) mass is 472 g/mol. The van der Waals surface area contributed by atoms with Gasteiger partial charge in [0, 0.05) is 30.1 Å². The molecule has 4 rings (SSSR count). The number of carbonyl (C=O) groups excluding carboxylic acids is 1. The van der Waals surface area contributed by atoms with E-state index in [1.54, 1.807) is 21.3 Å². The molecule has 1 saturated heterocycles. The zero-order chi connectivity index (χ0) is 23.4. The van der Waals surface area contributed by atoms with Gasteiger partial charge in [-0.2, -0.15) is 0 Å². The number of halogens is 1. The maximum Gasteiger partial charge on any atom is 0.223 e. The van der Waals surface area contributed by atoms with Crippen LogP contribution in [0.1, 0.15) is 30.4 Å². The first kappa shape index (κ1) is 23.7. The molecule has 1 atom stereocenters. The molecule has 33 heavy (non-hydrogen) atoms. The number of piperidine rings is 1. The highest BCUT2D eigenvalue weighted by molar-refractivity contribution is 6.31. The van der Waals surface area contributed by atoms with Crippen molar-refractivity contribution in [2.24, 2.45) is 11.3 Å². The molecule has 2 fully saturated rings. The number of methoxy groups -OCH3 is 3. The minimum absolute atomic E-state index is 0.141. The number of hydrogen-bond acceptors (Lipinski definition) is 5. The summed E-state index contributed by atoms with van der Waals surface area (Å²) in [6, 6.07) is 11.7. The maximum atomic E-state index is 12.8. The first-order valence-electron chi connectivity index (χ1n) is 11.5. The summed E-state index contributed by atoms with van der Waals surface area (Å²) < 4.78 is 16.2. The summed E-state index contributed by atoms with van der Waals surface area (Å²) in [6.07, 6.45) is 3.86. The molecule has 2 aliphatic rings. The van der Waals surface area contributed by atoms with Gasteiger partial charge in [0.15, 0.2) is 11.5 Å². The Kier molecular flexibility index (Phi) is 7.35. The maximum absolute atomic E-state index is 12.8. The Labute approximate surface area is 201 Å². The second-order valence-corrected chi connectivity index (χ2v) is 9.45. The fraction of sp³-hybridized carbons (Fsp3) is 0.500. The molecule has 1 N–H and O–H groups in total. The average Bonchev–Trinajstić information content (AvgIpc) is 3.55. The number of hydrogen-bond donors (Lipinski definition) is 1. The Morgan fingerprint density at radius 1 is 1.03 bits per heavy atom. The number of nitrogens with zero attached hydrogens (tertiary/aromatic N) is 1. The number of carbonyl (C=O) groups is 1. The van der Waals surface area contributed by atoms with E-state index in [1.165, 1.54) is 0 Å². The number of benzene rings is 2. The number of rotatable bonds is 9. The largest absolute Gasteiger partial charge is 0.496 e. The van der Waals surface area contributed by atoms with Crippen LogP contribution < -0.4 is 19.5 Å². The summed E-state index contributed by atoms with van der Waals surface area (Å²) in [6.45, 7) is 3.34. The van der Waals surface area contributed by atoms with Gasteiger partial charge in [0.1, 0.15) is 5.75 Å². The van der Waals surface area contributed by atoms with Crippen molar-refractivity contribution in [3.63, 3.8) is 0 Å².